The maximum absolute atomic E-state index is 12.9. The van der Waals surface area contributed by atoms with Gasteiger partial charge in [0.15, 0.2) is 11.0 Å². The molecule has 6 nitrogen and oxygen atoms in total. The van der Waals surface area contributed by atoms with E-state index in [1.54, 1.807) is 12.4 Å². The van der Waals surface area contributed by atoms with Gasteiger partial charge in [-0.2, -0.15) is 0 Å². The molecule has 1 saturated carbocycles. The van der Waals surface area contributed by atoms with E-state index < -0.39 is 0 Å². The molecule has 0 aliphatic heterocycles. The van der Waals surface area contributed by atoms with Crippen molar-refractivity contribution in [2.45, 2.75) is 31.3 Å². The lowest BCUT2D eigenvalue weighted by Gasteiger charge is -2.21. The fraction of sp³-hybridized carbons (Fsp3) is 0.364. The first kappa shape index (κ1) is 20.9. The molecule has 0 spiro atoms. The molecule has 0 saturated heterocycles. The van der Waals surface area contributed by atoms with E-state index in [9.17, 15) is 4.79 Å². The third kappa shape index (κ3) is 5.02. The van der Waals surface area contributed by atoms with Gasteiger partial charge in [-0.3, -0.25) is 14.3 Å². The normalized spacial score (nSPS) is 13.4. The lowest BCUT2D eigenvalue weighted by molar-refractivity contribution is -0.128. The summed E-state index contributed by atoms with van der Waals surface area (Å²) in [5, 5.41) is 10.1. The lowest BCUT2D eigenvalue weighted by Crippen LogP contribution is -2.35. The minimum Gasteiger partial charge on any atom is -0.342 e. The molecule has 8 heteroatoms. The topological polar surface area (TPSA) is 63.9 Å². The van der Waals surface area contributed by atoms with Gasteiger partial charge in [-0.25, -0.2) is 0 Å². The van der Waals surface area contributed by atoms with E-state index in [1.165, 1.54) is 24.6 Å². The zero-order valence-electron chi connectivity index (χ0n) is 16.9. The molecule has 0 bridgehead atoms. The van der Waals surface area contributed by atoms with E-state index in [0.717, 1.165) is 30.8 Å². The molecule has 1 aliphatic carbocycles. The maximum Gasteiger partial charge on any atom is 0.233 e. The number of benzene rings is 1. The highest BCUT2D eigenvalue weighted by molar-refractivity contribution is 7.99. The van der Waals surface area contributed by atoms with E-state index in [2.05, 4.69) is 22.1 Å². The third-order valence-corrected chi connectivity index (χ3v) is 6.17. The summed E-state index contributed by atoms with van der Waals surface area (Å²) in [6.07, 6.45) is 6.90. The van der Waals surface area contributed by atoms with Crippen molar-refractivity contribution in [1.29, 1.82) is 0 Å². The molecule has 1 aliphatic rings. The number of rotatable bonds is 9. The Labute approximate surface area is 185 Å². The van der Waals surface area contributed by atoms with E-state index >= 15 is 0 Å². The van der Waals surface area contributed by atoms with Crippen molar-refractivity contribution in [3.8, 4) is 17.1 Å². The van der Waals surface area contributed by atoms with Crippen LogP contribution in [-0.4, -0.2) is 49.4 Å². The first-order valence-corrected chi connectivity index (χ1v) is 11.5. The van der Waals surface area contributed by atoms with E-state index in [0.29, 0.717) is 27.7 Å². The quantitative estimate of drug-likeness (QED) is 0.449. The van der Waals surface area contributed by atoms with Gasteiger partial charge >= 0.3 is 0 Å². The van der Waals surface area contributed by atoms with Crippen LogP contribution in [-0.2, 0) is 4.79 Å². The molecule has 0 atom stereocenters. The van der Waals surface area contributed by atoms with Gasteiger partial charge in [0.05, 0.1) is 5.75 Å². The van der Waals surface area contributed by atoms with Crippen molar-refractivity contribution >= 4 is 29.3 Å². The summed E-state index contributed by atoms with van der Waals surface area (Å²) in [5.41, 5.74) is 1.81. The minimum absolute atomic E-state index is 0.157. The van der Waals surface area contributed by atoms with E-state index in [-0.39, 0.29) is 5.91 Å². The van der Waals surface area contributed by atoms with Gasteiger partial charge < -0.3 is 4.90 Å². The molecule has 2 aromatic heterocycles. The van der Waals surface area contributed by atoms with Gasteiger partial charge in [-0.1, -0.05) is 30.3 Å². The van der Waals surface area contributed by atoms with Gasteiger partial charge in [-0.05, 0) is 61.6 Å². The highest BCUT2D eigenvalue weighted by Crippen LogP contribution is 2.31. The van der Waals surface area contributed by atoms with Crippen molar-refractivity contribution in [1.82, 2.24) is 24.6 Å². The zero-order valence-corrected chi connectivity index (χ0v) is 18.4. The first-order chi connectivity index (χ1) is 14.7. The summed E-state index contributed by atoms with van der Waals surface area (Å²) < 4.78 is 1.97. The highest BCUT2D eigenvalue weighted by Gasteiger charge is 2.27. The van der Waals surface area contributed by atoms with E-state index in [4.69, 9.17) is 11.6 Å². The lowest BCUT2D eigenvalue weighted by atomic mass is 10.2. The number of nitrogens with zero attached hydrogens (tertiary/aromatic N) is 5. The maximum atomic E-state index is 12.9. The molecule has 1 aromatic carbocycles. The summed E-state index contributed by atoms with van der Waals surface area (Å²) in [6, 6.07) is 11.3. The van der Waals surface area contributed by atoms with Crippen LogP contribution in [0.1, 0.15) is 26.2 Å². The van der Waals surface area contributed by atoms with Crippen LogP contribution >= 0.6 is 23.4 Å². The van der Waals surface area contributed by atoms with Crippen molar-refractivity contribution in [3.63, 3.8) is 0 Å². The summed E-state index contributed by atoms with van der Waals surface area (Å²) in [4.78, 5) is 18.9. The van der Waals surface area contributed by atoms with Crippen LogP contribution in [0.15, 0.2) is 53.9 Å². The van der Waals surface area contributed by atoms with Crippen LogP contribution in [0.3, 0.4) is 0 Å². The average Bonchev–Trinajstić information content (AvgIpc) is 3.49. The number of aromatic nitrogens is 4. The SMILES string of the molecule is CCCN(CC1CC1)C(=O)CSc1nnc(-c2ccncc2)n1-c1ccc(Cl)cc1. The zero-order chi connectivity index (χ0) is 20.9. The largest absolute Gasteiger partial charge is 0.342 e. The van der Waals surface area contributed by atoms with Crippen LogP contribution in [0.5, 0.6) is 0 Å². The number of thioether (sulfide) groups is 1. The fourth-order valence-electron chi connectivity index (χ4n) is 3.29. The Morgan fingerprint density at radius 3 is 2.57 bits per heavy atom. The Balaban J connectivity index is 1.58. The van der Waals surface area contributed by atoms with Gasteiger partial charge in [-0.15, -0.1) is 10.2 Å². The Morgan fingerprint density at radius 2 is 1.90 bits per heavy atom. The second-order valence-corrected chi connectivity index (χ2v) is 8.80. The van der Waals surface area contributed by atoms with Gasteiger partial charge in [0.2, 0.25) is 5.91 Å². The van der Waals surface area contributed by atoms with Gasteiger partial charge in [0.25, 0.3) is 0 Å². The first-order valence-electron chi connectivity index (χ1n) is 10.2. The predicted molar refractivity (Wildman–Crippen MR) is 120 cm³/mol. The number of amides is 1. The Kier molecular flexibility index (Phi) is 6.69. The second kappa shape index (κ2) is 9.62. The monoisotopic (exact) mass is 441 g/mol. The Bertz CT molecular complexity index is 989. The van der Waals surface area contributed by atoms with Crippen LogP contribution in [0.2, 0.25) is 5.02 Å². The van der Waals surface area contributed by atoms with Crippen LogP contribution in [0.4, 0.5) is 0 Å². The van der Waals surface area contributed by atoms with Crippen molar-refractivity contribution in [2.24, 2.45) is 5.92 Å². The number of carbonyl (C=O) groups excluding carboxylic acids is 1. The molecule has 156 valence electrons. The Morgan fingerprint density at radius 1 is 1.17 bits per heavy atom. The number of hydrogen-bond acceptors (Lipinski definition) is 5. The average molecular weight is 442 g/mol. The smallest absolute Gasteiger partial charge is 0.233 e. The molecule has 1 fully saturated rings. The molecule has 0 N–H and O–H groups in total. The minimum atomic E-state index is 0.157. The number of pyridine rings is 1. The summed E-state index contributed by atoms with van der Waals surface area (Å²) >= 11 is 7.50. The molecule has 30 heavy (non-hydrogen) atoms. The van der Waals surface area contributed by atoms with Gasteiger partial charge in [0, 0.05) is 41.8 Å². The summed E-state index contributed by atoms with van der Waals surface area (Å²) in [6.45, 7) is 3.79. The van der Waals surface area contributed by atoms with Crippen molar-refractivity contribution < 1.29 is 4.79 Å². The van der Waals surface area contributed by atoms with Gasteiger partial charge in [0.1, 0.15) is 0 Å². The summed E-state index contributed by atoms with van der Waals surface area (Å²) in [7, 11) is 0. The predicted octanol–water partition coefficient (Wildman–Crippen LogP) is 4.72. The fourth-order valence-corrected chi connectivity index (χ4v) is 4.27. The van der Waals surface area contributed by atoms with E-state index in [1.807, 2.05) is 45.9 Å². The number of hydrogen-bond donors (Lipinski definition) is 0. The molecule has 1 amide bonds. The molecule has 4 rings (SSSR count). The molecule has 2 heterocycles. The number of halogens is 1. The standard InChI is InChI=1S/C22H24ClN5OS/c1-2-13-27(14-16-3-4-16)20(29)15-30-22-26-25-21(17-9-11-24-12-10-17)28(22)19-7-5-18(23)6-8-19/h5-12,16H,2-4,13-15H2,1H3. The second-order valence-electron chi connectivity index (χ2n) is 7.43. The van der Waals surface area contributed by atoms with Crippen LogP contribution in [0, 0.1) is 5.92 Å². The molecular weight excluding hydrogens is 418 g/mol. The van der Waals surface area contributed by atoms with Crippen molar-refractivity contribution in [3.05, 3.63) is 53.8 Å². The highest BCUT2D eigenvalue weighted by atomic mass is 35.5. The van der Waals surface area contributed by atoms with Crippen molar-refractivity contribution in [2.75, 3.05) is 18.8 Å². The van der Waals surface area contributed by atoms with Crippen LogP contribution in [0.25, 0.3) is 17.1 Å². The van der Waals surface area contributed by atoms with Crippen LogP contribution < -0.4 is 0 Å². The summed E-state index contributed by atoms with van der Waals surface area (Å²) in [5.74, 6) is 1.89. The molecular formula is C22H24ClN5OS. The Hall–Kier alpha value is -2.38. The molecule has 0 unspecified atom stereocenters. The molecule has 3 aromatic rings. The number of carbonyl (C=O) groups is 1. The molecule has 0 radical (unpaired) electrons. The third-order valence-electron chi connectivity index (χ3n) is 5.00.